The third kappa shape index (κ3) is 3.38. The lowest BCUT2D eigenvalue weighted by atomic mass is 10.2. The summed E-state index contributed by atoms with van der Waals surface area (Å²) in [6.45, 7) is 0. The number of para-hydroxylation sites is 1. The molecule has 8 heteroatoms. The Hall–Kier alpha value is -2.32. The van der Waals surface area contributed by atoms with Crippen LogP contribution in [0.3, 0.4) is 0 Å². The number of thiocarbonyl (C=S) groups is 1. The van der Waals surface area contributed by atoms with E-state index in [0.717, 1.165) is 10.2 Å². The Bertz CT molecular complexity index is 908. The number of benzene rings is 2. The van der Waals surface area contributed by atoms with Crippen LogP contribution in [-0.2, 0) is 0 Å². The summed E-state index contributed by atoms with van der Waals surface area (Å²) in [5.41, 5.74) is 1.07. The minimum atomic E-state index is -0.477. The van der Waals surface area contributed by atoms with Crippen molar-refractivity contribution in [1.82, 2.24) is 4.98 Å². The van der Waals surface area contributed by atoms with Crippen molar-refractivity contribution >= 4 is 55.5 Å². The van der Waals surface area contributed by atoms with Crippen molar-refractivity contribution in [1.29, 1.82) is 0 Å². The van der Waals surface area contributed by atoms with Gasteiger partial charge in [-0.15, -0.1) is 10.2 Å². The van der Waals surface area contributed by atoms with Crippen molar-refractivity contribution < 1.29 is 9.50 Å². The highest BCUT2D eigenvalue weighted by Gasteiger charge is 2.13. The molecule has 0 fully saturated rings. The van der Waals surface area contributed by atoms with Gasteiger partial charge in [0.25, 0.3) is 0 Å². The number of hydrogen-bond donors (Lipinski definition) is 3. The molecule has 3 rings (SSSR count). The zero-order chi connectivity index (χ0) is 16.4. The summed E-state index contributed by atoms with van der Waals surface area (Å²) >= 11 is 8.43. The lowest BCUT2D eigenvalue weighted by Crippen LogP contribution is -2.04. The van der Waals surface area contributed by atoms with E-state index in [1.165, 1.54) is 12.1 Å². The number of rotatable bonds is 2. The van der Waals surface area contributed by atoms with E-state index < -0.39 is 5.82 Å². The predicted octanol–water partition coefficient (Wildman–Crippen LogP) is 5.26. The number of aromatic nitrogens is 1. The second-order valence-electron chi connectivity index (χ2n) is 4.62. The van der Waals surface area contributed by atoms with E-state index in [4.69, 9.17) is 12.2 Å². The quantitative estimate of drug-likeness (QED) is 0.411. The lowest BCUT2D eigenvalue weighted by Gasteiger charge is -2.02. The highest BCUT2D eigenvalue weighted by molar-refractivity contribution is 9.10. The van der Waals surface area contributed by atoms with Gasteiger partial charge in [0.2, 0.25) is 11.0 Å². The maximum Gasteiger partial charge on any atom is 0.218 e. The second kappa shape index (κ2) is 6.43. The van der Waals surface area contributed by atoms with Crippen molar-refractivity contribution in [2.75, 3.05) is 5.32 Å². The molecule has 0 spiro atoms. The molecule has 1 heterocycles. The summed E-state index contributed by atoms with van der Waals surface area (Å²) < 4.78 is 14.6. The van der Waals surface area contributed by atoms with E-state index in [2.05, 4.69) is 36.5 Å². The molecule has 0 saturated heterocycles. The summed E-state index contributed by atoms with van der Waals surface area (Å²) in [5.74, 6) is -0.741. The molecule has 116 valence electrons. The molecule has 0 unspecified atom stereocenters. The van der Waals surface area contributed by atoms with Crippen LogP contribution in [0, 0.1) is 5.82 Å². The predicted molar refractivity (Wildman–Crippen MR) is 94.8 cm³/mol. The molecule has 23 heavy (non-hydrogen) atoms. The standard InChI is InChI=1S/C15H10BrFN4OS/c16-8-4-6-9(7-5-8)18-15(23)21-20-13-10-2-1-3-11(17)12(10)19-14(13)22/h1-7,19,22H,(H,18,23). The Balaban J connectivity index is 1.82. The number of hydrogen-bond acceptors (Lipinski definition) is 3. The summed E-state index contributed by atoms with van der Waals surface area (Å²) in [7, 11) is 0. The fourth-order valence-electron chi connectivity index (χ4n) is 2.03. The molecule has 5 nitrogen and oxygen atoms in total. The molecule has 3 N–H and O–H groups in total. The average Bonchev–Trinajstić information content (AvgIpc) is 2.85. The van der Waals surface area contributed by atoms with Crippen LogP contribution in [0.15, 0.2) is 57.2 Å². The molecule has 0 atom stereocenters. The van der Waals surface area contributed by atoms with Crippen molar-refractivity contribution in [3.63, 3.8) is 0 Å². The zero-order valence-electron chi connectivity index (χ0n) is 11.5. The SMILES string of the molecule is Oc1[nH]c2c(F)cccc2c1N=NC(=S)Nc1ccc(Br)cc1. The van der Waals surface area contributed by atoms with Crippen molar-refractivity contribution in [3.8, 4) is 5.88 Å². The third-order valence-corrected chi connectivity index (χ3v) is 3.79. The first kappa shape index (κ1) is 15.6. The van der Waals surface area contributed by atoms with Gasteiger partial charge in [0.1, 0.15) is 5.82 Å². The van der Waals surface area contributed by atoms with Crippen LogP contribution in [-0.4, -0.2) is 15.2 Å². The molecule has 0 amide bonds. The zero-order valence-corrected chi connectivity index (χ0v) is 13.9. The molecular formula is C15H10BrFN4OS. The average molecular weight is 393 g/mol. The van der Waals surface area contributed by atoms with Gasteiger partial charge < -0.3 is 15.4 Å². The maximum atomic E-state index is 13.6. The Labute approximate surface area is 144 Å². The lowest BCUT2D eigenvalue weighted by molar-refractivity contribution is 0.459. The molecule has 3 aromatic rings. The number of aromatic hydroxyl groups is 1. The highest BCUT2D eigenvalue weighted by Crippen LogP contribution is 2.36. The van der Waals surface area contributed by atoms with Gasteiger partial charge >= 0.3 is 0 Å². The number of anilines is 1. The summed E-state index contributed by atoms with van der Waals surface area (Å²) in [5, 5.41) is 21.1. The molecule has 0 aliphatic heterocycles. The van der Waals surface area contributed by atoms with Gasteiger partial charge in [-0.1, -0.05) is 28.1 Å². The number of nitrogens with one attached hydrogen (secondary N) is 2. The Kier molecular flexibility index (Phi) is 4.35. The first-order valence-corrected chi connectivity index (χ1v) is 7.72. The Morgan fingerprint density at radius 2 is 1.96 bits per heavy atom. The van der Waals surface area contributed by atoms with Gasteiger partial charge in [0, 0.05) is 15.5 Å². The van der Waals surface area contributed by atoms with Crippen LogP contribution in [0.25, 0.3) is 10.9 Å². The van der Waals surface area contributed by atoms with Crippen molar-refractivity contribution in [3.05, 3.63) is 52.8 Å². The monoisotopic (exact) mass is 392 g/mol. The molecule has 2 aromatic carbocycles. The number of aromatic amines is 1. The molecule has 0 bridgehead atoms. The molecule has 0 aliphatic rings. The number of halogens is 2. The topological polar surface area (TPSA) is 72.8 Å². The Morgan fingerprint density at radius 1 is 1.22 bits per heavy atom. The maximum absolute atomic E-state index is 13.6. The largest absolute Gasteiger partial charge is 0.493 e. The molecule has 0 aliphatic carbocycles. The summed E-state index contributed by atoms with van der Waals surface area (Å²) in [6, 6.07) is 11.8. The normalized spacial score (nSPS) is 11.2. The first-order valence-electron chi connectivity index (χ1n) is 6.52. The van der Waals surface area contributed by atoms with Gasteiger partial charge in [0.15, 0.2) is 5.69 Å². The van der Waals surface area contributed by atoms with Gasteiger partial charge in [-0.3, -0.25) is 0 Å². The second-order valence-corrected chi connectivity index (χ2v) is 5.92. The van der Waals surface area contributed by atoms with E-state index in [-0.39, 0.29) is 22.2 Å². The van der Waals surface area contributed by atoms with Crippen molar-refractivity contribution in [2.24, 2.45) is 10.2 Å². The fourth-order valence-corrected chi connectivity index (χ4v) is 2.46. The van der Waals surface area contributed by atoms with Crippen LogP contribution < -0.4 is 5.32 Å². The first-order chi connectivity index (χ1) is 11.0. The third-order valence-electron chi connectivity index (χ3n) is 3.07. The van der Waals surface area contributed by atoms with E-state index in [1.807, 2.05) is 24.3 Å². The number of nitrogens with zero attached hydrogens (tertiary/aromatic N) is 2. The summed E-state index contributed by atoms with van der Waals surface area (Å²) in [6.07, 6.45) is 0. The van der Waals surface area contributed by atoms with Crippen LogP contribution in [0.1, 0.15) is 0 Å². The van der Waals surface area contributed by atoms with E-state index >= 15 is 0 Å². The number of H-pyrrole nitrogens is 1. The fraction of sp³-hybridized carbons (Fsp3) is 0. The minimum absolute atomic E-state index is 0.123. The molecule has 0 radical (unpaired) electrons. The summed E-state index contributed by atoms with van der Waals surface area (Å²) in [4.78, 5) is 2.53. The highest BCUT2D eigenvalue weighted by atomic mass is 79.9. The smallest absolute Gasteiger partial charge is 0.218 e. The van der Waals surface area contributed by atoms with Crippen LogP contribution in [0.4, 0.5) is 15.8 Å². The minimum Gasteiger partial charge on any atom is -0.493 e. The van der Waals surface area contributed by atoms with Crippen LogP contribution in [0.2, 0.25) is 0 Å². The van der Waals surface area contributed by atoms with Crippen LogP contribution >= 0.6 is 28.1 Å². The van der Waals surface area contributed by atoms with E-state index in [9.17, 15) is 9.50 Å². The van der Waals surface area contributed by atoms with Gasteiger partial charge in [-0.25, -0.2) is 4.39 Å². The molecule has 1 aromatic heterocycles. The van der Waals surface area contributed by atoms with Crippen LogP contribution in [0.5, 0.6) is 5.88 Å². The number of azo groups is 1. The molecular weight excluding hydrogens is 383 g/mol. The number of fused-ring (bicyclic) bond motifs is 1. The van der Waals surface area contributed by atoms with Gasteiger partial charge in [-0.05, 0) is 42.5 Å². The van der Waals surface area contributed by atoms with E-state index in [1.54, 1.807) is 6.07 Å². The van der Waals surface area contributed by atoms with Gasteiger partial charge in [0.05, 0.1) is 5.52 Å². The van der Waals surface area contributed by atoms with E-state index in [0.29, 0.717) is 5.39 Å². The Morgan fingerprint density at radius 3 is 2.70 bits per heavy atom. The van der Waals surface area contributed by atoms with Crippen molar-refractivity contribution in [2.45, 2.75) is 0 Å². The molecule has 0 saturated carbocycles. The van der Waals surface area contributed by atoms with Gasteiger partial charge in [-0.2, -0.15) is 0 Å².